The number of nitrogens with one attached hydrogen (secondary N) is 1. The number of nitrogens with two attached hydrogens (primary N) is 1. The summed E-state index contributed by atoms with van der Waals surface area (Å²) in [4.78, 5) is 2.34. The molecule has 0 aromatic heterocycles. The van der Waals surface area contributed by atoms with E-state index < -0.39 is 10.0 Å². The van der Waals surface area contributed by atoms with Crippen LogP contribution in [0.5, 0.6) is 0 Å². The van der Waals surface area contributed by atoms with Crippen molar-refractivity contribution in [2.24, 2.45) is 5.73 Å². The quantitative estimate of drug-likeness (QED) is 0.803. The Hall–Kier alpha value is -0.730. The van der Waals surface area contributed by atoms with Crippen LogP contribution < -0.4 is 10.5 Å². The van der Waals surface area contributed by atoms with Gasteiger partial charge in [0, 0.05) is 18.2 Å². The highest BCUT2D eigenvalue weighted by Gasteiger charge is 2.25. The lowest BCUT2D eigenvalue weighted by molar-refractivity contribution is 0.407. The van der Waals surface area contributed by atoms with Crippen LogP contribution in [0.15, 0.2) is 23.1 Å². The second-order valence-electron chi connectivity index (χ2n) is 4.88. The molecule has 1 unspecified atom stereocenters. The molecule has 110 valence electrons. The van der Waals surface area contributed by atoms with Crippen molar-refractivity contribution in [2.45, 2.75) is 17.4 Å². The van der Waals surface area contributed by atoms with Crippen molar-refractivity contribution < 1.29 is 8.42 Å². The van der Waals surface area contributed by atoms with Gasteiger partial charge in [0.05, 0.1) is 9.92 Å². The monoisotopic (exact) mass is 333 g/mol. The number of likely N-dealkylation sites (N-methyl/N-ethyl adjacent to an activating group) is 1. The molecule has 0 aliphatic carbocycles. The summed E-state index contributed by atoms with van der Waals surface area (Å²) in [6, 6.07) is 4.29. The molecule has 1 fully saturated rings. The summed E-state index contributed by atoms with van der Waals surface area (Å²) in [5, 5.41) is 0.240. The van der Waals surface area contributed by atoms with E-state index in [0.29, 0.717) is 12.1 Å². The zero-order valence-corrected chi connectivity index (χ0v) is 13.4. The molecule has 1 heterocycles. The minimum Gasteiger partial charge on any atom is -0.389 e. The largest absolute Gasteiger partial charge is 0.389 e. The maximum Gasteiger partial charge on any atom is 0.240 e. The van der Waals surface area contributed by atoms with Gasteiger partial charge in [0.15, 0.2) is 0 Å². The van der Waals surface area contributed by atoms with Crippen molar-refractivity contribution in [3.05, 3.63) is 28.8 Å². The molecule has 0 radical (unpaired) electrons. The molecule has 1 atom stereocenters. The zero-order valence-electron chi connectivity index (χ0n) is 11.0. The Bertz CT molecular complexity index is 634. The lowest BCUT2D eigenvalue weighted by atomic mass is 10.2. The molecule has 0 bridgehead atoms. The van der Waals surface area contributed by atoms with Crippen molar-refractivity contribution in [3.8, 4) is 0 Å². The summed E-state index contributed by atoms with van der Waals surface area (Å²) in [6.07, 6.45) is 0.800. The second-order valence-corrected chi connectivity index (χ2v) is 7.44. The number of nitrogens with zero attached hydrogens (tertiary/aromatic N) is 1. The lowest BCUT2D eigenvalue weighted by Gasteiger charge is -2.14. The number of hydrogen-bond donors (Lipinski definition) is 2. The average Bonchev–Trinajstić information content (AvgIpc) is 2.73. The topological polar surface area (TPSA) is 75.4 Å². The molecule has 8 heteroatoms. The van der Waals surface area contributed by atoms with Gasteiger partial charge < -0.3 is 10.6 Å². The minimum atomic E-state index is -3.58. The maximum absolute atomic E-state index is 12.3. The van der Waals surface area contributed by atoms with E-state index in [2.05, 4.69) is 9.62 Å². The Morgan fingerprint density at radius 2 is 2.25 bits per heavy atom. The van der Waals surface area contributed by atoms with Gasteiger partial charge in [-0.25, -0.2) is 13.1 Å². The molecule has 2 rings (SSSR count). The zero-order chi connectivity index (χ0) is 14.9. The maximum atomic E-state index is 12.3. The SMILES string of the molecule is CN1CCC(NS(=O)(=O)c2ccc(C(N)=S)c(Cl)c2)C1. The Morgan fingerprint density at radius 1 is 1.55 bits per heavy atom. The summed E-state index contributed by atoms with van der Waals surface area (Å²) >= 11 is 10.8. The van der Waals surface area contributed by atoms with E-state index in [1.807, 2.05) is 7.05 Å². The number of rotatable bonds is 4. The normalized spacial score (nSPS) is 20.2. The van der Waals surface area contributed by atoms with Gasteiger partial charge in [-0.15, -0.1) is 0 Å². The second kappa shape index (κ2) is 5.95. The predicted molar refractivity (Wildman–Crippen MR) is 83.6 cm³/mol. The van der Waals surface area contributed by atoms with E-state index in [1.165, 1.54) is 18.2 Å². The molecule has 20 heavy (non-hydrogen) atoms. The van der Waals surface area contributed by atoms with Crippen molar-refractivity contribution >= 4 is 38.8 Å². The van der Waals surface area contributed by atoms with Gasteiger partial charge in [-0.1, -0.05) is 23.8 Å². The molecule has 5 nitrogen and oxygen atoms in total. The number of thiocarbonyl (C=S) groups is 1. The standard InChI is InChI=1S/C12H16ClN3O2S2/c1-16-5-4-8(7-16)15-20(17,18)9-2-3-10(12(14)19)11(13)6-9/h2-3,6,8,15H,4-5,7H2,1H3,(H2,14,19). The van der Waals surface area contributed by atoms with E-state index >= 15 is 0 Å². The summed E-state index contributed by atoms with van der Waals surface area (Å²) in [6.45, 7) is 1.59. The Labute approximate surface area is 129 Å². The van der Waals surface area contributed by atoms with E-state index in [4.69, 9.17) is 29.6 Å². The number of likely N-dealkylation sites (tertiary alicyclic amines) is 1. The van der Waals surface area contributed by atoms with Crippen LogP contribution in [0.4, 0.5) is 0 Å². The summed E-state index contributed by atoms with van der Waals surface area (Å²) < 4.78 is 27.2. The molecule has 1 aromatic carbocycles. The third-order valence-corrected chi connectivity index (χ3v) is 5.28. The van der Waals surface area contributed by atoms with Crippen molar-refractivity contribution in [3.63, 3.8) is 0 Å². The number of halogens is 1. The van der Waals surface area contributed by atoms with E-state index in [0.717, 1.165) is 13.0 Å². The van der Waals surface area contributed by atoms with E-state index in [-0.39, 0.29) is 20.9 Å². The first-order valence-corrected chi connectivity index (χ1v) is 8.37. The summed E-state index contributed by atoms with van der Waals surface area (Å²) in [7, 11) is -1.62. The smallest absolute Gasteiger partial charge is 0.240 e. The Kier molecular flexibility index (Phi) is 4.66. The molecule has 1 saturated heterocycles. The fourth-order valence-corrected chi connectivity index (χ4v) is 4.05. The van der Waals surface area contributed by atoms with Crippen molar-refractivity contribution in [2.75, 3.05) is 20.1 Å². The number of benzene rings is 1. The van der Waals surface area contributed by atoms with Gasteiger partial charge in [-0.05, 0) is 38.2 Å². The Balaban J connectivity index is 2.21. The van der Waals surface area contributed by atoms with Crippen molar-refractivity contribution in [1.82, 2.24) is 9.62 Å². The molecular formula is C12H16ClN3O2S2. The van der Waals surface area contributed by atoms with Gasteiger partial charge in [-0.2, -0.15) is 0 Å². The van der Waals surface area contributed by atoms with Gasteiger partial charge in [0.25, 0.3) is 0 Å². The molecule has 0 amide bonds. The first-order chi connectivity index (χ1) is 9.29. The third-order valence-electron chi connectivity index (χ3n) is 3.23. The summed E-state index contributed by atoms with van der Waals surface area (Å²) in [5.74, 6) is 0. The fraction of sp³-hybridized carbons (Fsp3) is 0.417. The van der Waals surface area contributed by atoms with Crippen LogP contribution in [-0.2, 0) is 10.0 Å². The molecule has 1 aliphatic rings. The van der Waals surface area contributed by atoms with Gasteiger partial charge in [0.2, 0.25) is 10.0 Å². The molecule has 1 aliphatic heterocycles. The highest BCUT2D eigenvalue weighted by molar-refractivity contribution is 7.89. The minimum absolute atomic E-state index is 0.0703. The van der Waals surface area contributed by atoms with Crippen LogP contribution in [0.1, 0.15) is 12.0 Å². The fourth-order valence-electron chi connectivity index (χ4n) is 2.18. The first kappa shape index (κ1) is 15.7. The molecular weight excluding hydrogens is 318 g/mol. The van der Waals surface area contributed by atoms with Crippen LogP contribution in [0.25, 0.3) is 0 Å². The van der Waals surface area contributed by atoms with Gasteiger partial charge in [0.1, 0.15) is 4.99 Å². The van der Waals surface area contributed by atoms with E-state index in [9.17, 15) is 8.42 Å². The lowest BCUT2D eigenvalue weighted by Crippen LogP contribution is -2.36. The van der Waals surface area contributed by atoms with Gasteiger partial charge >= 0.3 is 0 Å². The van der Waals surface area contributed by atoms with Crippen molar-refractivity contribution in [1.29, 1.82) is 0 Å². The van der Waals surface area contributed by atoms with Gasteiger partial charge in [-0.3, -0.25) is 0 Å². The average molecular weight is 334 g/mol. The summed E-state index contributed by atoms with van der Waals surface area (Å²) in [5.41, 5.74) is 5.97. The highest BCUT2D eigenvalue weighted by atomic mass is 35.5. The Morgan fingerprint density at radius 3 is 2.75 bits per heavy atom. The van der Waals surface area contributed by atoms with Crippen LogP contribution in [0.2, 0.25) is 5.02 Å². The third kappa shape index (κ3) is 3.48. The first-order valence-electron chi connectivity index (χ1n) is 6.10. The molecule has 0 spiro atoms. The molecule has 1 aromatic rings. The van der Waals surface area contributed by atoms with Crippen LogP contribution in [-0.4, -0.2) is 44.5 Å². The van der Waals surface area contributed by atoms with Crippen LogP contribution >= 0.6 is 23.8 Å². The molecule has 0 saturated carbocycles. The molecule has 3 N–H and O–H groups in total. The van der Waals surface area contributed by atoms with E-state index in [1.54, 1.807) is 0 Å². The predicted octanol–water partition coefficient (Wildman–Crippen LogP) is 0.957. The number of hydrogen-bond acceptors (Lipinski definition) is 4. The number of sulfonamides is 1. The highest BCUT2D eigenvalue weighted by Crippen LogP contribution is 2.21. The van der Waals surface area contributed by atoms with Crippen LogP contribution in [0, 0.1) is 0 Å². The van der Waals surface area contributed by atoms with Crippen LogP contribution in [0.3, 0.4) is 0 Å².